The Morgan fingerprint density at radius 3 is 2.18 bits per heavy atom. The molecule has 1 heterocycles. The average Bonchev–Trinajstić information content (AvgIpc) is 2.98. The normalized spacial score (nSPS) is 22.6. The van der Waals surface area contributed by atoms with Gasteiger partial charge < -0.3 is 20.3 Å². The smallest absolute Gasteiger partial charge is 0.356 e. The van der Waals surface area contributed by atoms with Crippen molar-refractivity contribution in [2.75, 3.05) is 6.54 Å². The number of hydrogen-bond acceptors (Lipinski definition) is 3. The van der Waals surface area contributed by atoms with Crippen LogP contribution in [0.2, 0.25) is 0 Å². The van der Waals surface area contributed by atoms with E-state index in [0.717, 1.165) is 13.0 Å². The molecule has 4 N–H and O–H groups in total. The molecule has 0 bridgehead atoms. The summed E-state index contributed by atoms with van der Waals surface area (Å²) in [5.41, 5.74) is 6.68. The standard InChI is InChI=1S/C8H11N.C3H7O4P/c9-7-6-8-4-2-1-3-5-8;1-2-3(7-2)8(4,5)6/h1-5H,6-7,9H2;2-3H,1H3,(H2,4,5,6). The molecular formula is C11H18NO4P. The van der Waals surface area contributed by atoms with Gasteiger partial charge in [0.05, 0.1) is 6.10 Å². The number of rotatable bonds is 3. The zero-order chi connectivity index (χ0) is 12.9. The van der Waals surface area contributed by atoms with E-state index in [4.69, 9.17) is 15.5 Å². The van der Waals surface area contributed by atoms with Crippen molar-refractivity contribution in [1.82, 2.24) is 0 Å². The second kappa shape index (κ2) is 6.28. The highest BCUT2D eigenvalue weighted by molar-refractivity contribution is 7.52. The highest BCUT2D eigenvalue weighted by Gasteiger charge is 2.48. The maximum atomic E-state index is 10.2. The lowest BCUT2D eigenvalue weighted by Gasteiger charge is -1.93. The Morgan fingerprint density at radius 1 is 1.35 bits per heavy atom. The summed E-state index contributed by atoms with van der Waals surface area (Å²) in [4.78, 5) is 16.6. The van der Waals surface area contributed by atoms with Crippen molar-refractivity contribution < 1.29 is 19.1 Å². The highest BCUT2D eigenvalue weighted by Crippen LogP contribution is 2.52. The summed E-state index contributed by atoms with van der Waals surface area (Å²) in [7, 11) is -3.90. The molecule has 1 aliphatic rings. The SMILES string of the molecule is CC1OC1P(=O)(O)O.NCCc1ccccc1. The van der Waals surface area contributed by atoms with Crippen molar-refractivity contribution in [2.24, 2.45) is 5.73 Å². The van der Waals surface area contributed by atoms with Gasteiger partial charge in [0.15, 0.2) is 5.85 Å². The van der Waals surface area contributed by atoms with Crippen LogP contribution in [0, 0.1) is 0 Å². The highest BCUT2D eigenvalue weighted by atomic mass is 31.2. The van der Waals surface area contributed by atoms with Crippen LogP contribution < -0.4 is 5.73 Å². The molecule has 1 fully saturated rings. The first-order valence-electron chi connectivity index (χ1n) is 5.40. The minimum Gasteiger partial charge on any atom is -0.356 e. The summed E-state index contributed by atoms with van der Waals surface area (Å²) in [5.74, 6) is -0.817. The second-order valence-electron chi connectivity index (χ2n) is 3.85. The van der Waals surface area contributed by atoms with E-state index >= 15 is 0 Å². The molecule has 2 atom stereocenters. The fourth-order valence-corrected chi connectivity index (χ4v) is 2.24. The van der Waals surface area contributed by atoms with Crippen molar-refractivity contribution in [1.29, 1.82) is 0 Å². The van der Waals surface area contributed by atoms with Gasteiger partial charge >= 0.3 is 7.60 Å². The van der Waals surface area contributed by atoms with Gasteiger partial charge in [-0.2, -0.15) is 0 Å². The summed E-state index contributed by atoms with van der Waals surface area (Å²) in [6.45, 7) is 2.37. The second-order valence-corrected chi connectivity index (χ2v) is 5.53. The maximum Gasteiger partial charge on any atom is 0.356 e. The molecule has 2 rings (SSSR count). The Kier molecular flexibility index (Phi) is 5.31. The molecule has 0 aliphatic carbocycles. The molecule has 6 heteroatoms. The topological polar surface area (TPSA) is 96.1 Å². The fraction of sp³-hybridized carbons (Fsp3) is 0.455. The zero-order valence-corrected chi connectivity index (χ0v) is 10.6. The number of nitrogens with two attached hydrogens (primary N) is 1. The van der Waals surface area contributed by atoms with E-state index in [2.05, 4.69) is 16.9 Å². The first kappa shape index (κ1) is 14.4. The lowest BCUT2D eigenvalue weighted by Crippen LogP contribution is -2.01. The van der Waals surface area contributed by atoms with Gasteiger partial charge in [0.1, 0.15) is 0 Å². The average molecular weight is 259 g/mol. The van der Waals surface area contributed by atoms with Gasteiger partial charge in [-0.05, 0) is 25.5 Å². The fourth-order valence-electron chi connectivity index (χ4n) is 1.34. The minimum absolute atomic E-state index is 0.254. The maximum absolute atomic E-state index is 10.2. The molecule has 1 saturated heterocycles. The van der Waals surface area contributed by atoms with Gasteiger partial charge in [0.25, 0.3) is 0 Å². The van der Waals surface area contributed by atoms with E-state index in [1.54, 1.807) is 6.92 Å². The van der Waals surface area contributed by atoms with E-state index in [9.17, 15) is 4.57 Å². The first-order valence-corrected chi connectivity index (χ1v) is 7.08. The Labute approximate surface area is 101 Å². The van der Waals surface area contributed by atoms with Crippen LogP contribution in [0.3, 0.4) is 0 Å². The van der Waals surface area contributed by atoms with Crippen molar-refractivity contribution in [3.63, 3.8) is 0 Å². The Bertz CT molecular complexity index is 378. The zero-order valence-electron chi connectivity index (χ0n) is 9.69. The Hall–Kier alpha value is -0.710. The number of epoxide rings is 1. The third-order valence-corrected chi connectivity index (χ3v) is 3.49. The van der Waals surface area contributed by atoms with Crippen LogP contribution >= 0.6 is 7.60 Å². The molecular weight excluding hydrogens is 241 g/mol. The van der Waals surface area contributed by atoms with Crippen LogP contribution in [-0.4, -0.2) is 28.3 Å². The van der Waals surface area contributed by atoms with Crippen molar-refractivity contribution in [3.05, 3.63) is 35.9 Å². The molecule has 0 amide bonds. The third-order valence-electron chi connectivity index (χ3n) is 2.29. The lowest BCUT2D eigenvalue weighted by molar-refractivity contribution is 0.333. The van der Waals surface area contributed by atoms with Gasteiger partial charge in [-0.3, -0.25) is 4.57 Å². The van der Waals surface area contributed by atoms with Crippen molar-refractivity contribution in [3.8, 4) is 0 Å². The van der Waals surface area contributed by atoms with Crippen LogP contribution in [0.15, 0.2) is 30.3 Å². The Balaban J connectivity index is 0.000000171. The van der Waals surface area contributed by atoms with Gasteiger partial charge in [0.2, 0.25) is 0 Å². The predicted octanol–water partition coefficient (Wildman–Crippen LogP) is 1.10. The summed E-state index contributed by atoms with van der Waals surface area (Å²) < 4.78 is 14.7. The predicted molar refractivity (Wildman–Crippen MR) is 65.6 cm³/mol. The largest absolute Gasteiger partial charge is 0.356 e. The lowest BCUT2D eigenvalue weighted by atomic mass is 10.2. The number of hydrogen-bond donors (Lipinski definition) is 3. The van der Waals surface area contributed by atoms with Crippen LogP contribution in [0.25, 0.3) is 0 Å². The molecule has 96 valence electrons. The van der Waals surface area contributed by atoms with Gasteiger partial charge in [0, 0.05) is 0 Å². The molecule has 0 spiro atoms. The first-order chi connectivity index (χ1) is 7.95. The van der Waals surface area contributed by atoms with Crippen molar-refractivity contribution in [2.45, 2.75) is 25.3 Å². The van der Waals surface area contributed by atoms with E-state index in [1.807, 2.05) is 18.2 Å². The van der Waals surface area contributed by atoms with Crippen LogP contribution in [0.4, 0.5) is 0 Å². The molecule has 1 aromatic rings. The summed E-state index contributed by atoms with van der Waals surface area (Å²) >= 11 is 0. The van der Waals surface area contributed by atoms with E-state index in [-0.39, 0.29) is 6.10 Å². The van der Waals surface area contributed by atoms with Crippen LogP contribution in [0.5, 0.6) is 0 Å². The van der Waals surface area contributed by atoms with Gasteiger partial charge in [-0.25, -0.2) is 0 Å². The van der Waals surface area contributed by atoms with Gasteiger partial charge in [-0.1, -0.05) is 30.3 Å². The summed E-state index contributed by atoms with van der Waals surface area (Å²) in [6.07, 6.45) is 0.733. The molecule has 5 nitrogen and oxygen atoms in total. The number of benzene rings is 1. The molecule has 1 aliphatic heterocycles. The minimum atomic E-state index is -3.90. The van der Waals surface area contributed by atoms with Crippen LogP contribution in [0.1, 0.15) is 12.5 Å². The van der Waals surface area contributed by atoms with E-state index in [1.165, 1.54) is 5.56 Å². The van der Waals surface area contributed by atoms with Crippen molar-refractivity contribution >= 4 is 7.60 Å². The molecule has 2 unspecified atom stereocenters. The van der Waals surface area contributed by atoms with Gasteiger partial charge in [-0.15, -0.1) is 0 Å². The van der Waals surface area contributed by atoms with Crippen LogP contribution in [-0.2, 0) is 15.7 Å². The third kappa shape index (κ3) is 5.44. The summed E-state index contributed by atoms with van der Waals surface area (Å²) in [6, 6.07) is 10.3. The monoisotopic (exact) mass is 259 g/mol. The summed E-state index contributed by atoms with van der Waals surface area (Å²) in [5, 5.41) is 0. The molecule has 1 aromatic carbocycles. The Morgan fingerprint density at radius 2 is 1.88 bits per heavy atom. The number of ether oxygens (including phenoxy) is 1. The molecule has 0 aromatic heterocycles. The van der Waals surface area contributed by atoms with E-state index in [0.29, 0.717) is 0 Å². The molecule has 0 radical (unpaired) electrons. The quantitative estimate of drug-likeness (QED) is 0.558. The molecule has 17 heavy (non-hydrogen) atoms. The van der Waals surface area contributed by atoms with E-state index < -0.39 is 13.4 Å². The molecule has 0 saturated carbocycles.